The number of nitrogens with zero attached hydrogens (tertiary/aromatic N) is 3. The van der Waals surface area contributed by atoms with E-state index >= 15 is 0 Å². The third-order valence-corrected chi connectivity index (χ3v) is 5.03. The van der Waals surface area contributed by atoms with Crippen LogP contribution >= 0.6 is 0 Å². The van der Waals surface area contributed by atoms with Gasteiger partial charge in [-0.15, -0.1) is 0 Å². The third-order valence-electron chi connectivity index (χ3n) is 5.03. The van der Waals surface area contributed by atoms with Crippen LogP contribution in [-0.4, -0.2) is 40.8 Å². The second-order valence-corrected chi connectivity index (χ2v) is 7.04. The molecule has 5 nitrogen and oxygen atoms in total. The molecule has 2 heterocycles. The molecule has 1 aliphatic heterocycles. The van der Waals surface area contributed by atoms with E-state index in [0.29, 0.717) is 12.1 Å². The molecule has 4 rings (SSSR count). The summed E-state index contributed by atoms with van der Waals surface area (Å²) in [5, 5.41) is 0.917. The molecule has 0 spiro atoms. The van der Waals surface area contributed by atoms with Crippen LogP contribution in [0, 0.1) is 6.92 Å². The molecule has 1 aromatic heterocycles. The number of fused-ring (bicyclic) bond motifs is 1. The number of piperazine rings is 1. The van der Waals surface area contributed by atoms with Gasteiger partial charge in [0.1, 0.15) is 6.54 Å². The number of anilines is 1. The molecule has 136 valence electrons. The Morgan fingerprint density at radius 2 is 1.85 bits per heavy atom. The molecule has 0 radical (unpaired) electrons. The minimum Gasteiger partial charge on any atom is -0.325 e. The van der Waals surface area contributed by atoms with Crippen molar-refractivity contribution in [3.05, 3.63) is 71.9 Å². The Morgan fingerprint density at radius 3 is 2.63 bits per heavy atom. The minimum atomic E-state index is -0.155. The smallest absolute Gasteiger partial charge is 0.256 e. The Morgan fingerprint density at radius 1 is 1.11 bits per heavy atom. The fourth-order valence-electron chi connectivity index (χ4n) is 3.45. The maximum Gasteiger partial charge on any atom is 0.256 e. The van der Waals surface area contributed by atoms with Gasteiger partial charge in [-0.25, -0.2) is 0 Å². The van der Waals surface area contributed by atoms with Crippen LogP contribution in [0.1, 0.15) is 22.8 Å². The van der Waals surface area contributed by atoms with Gasteiger partial charge in [-0.2, -0.15) is 0 Å². The minimum absolute atomic E-state index is 0.0701. The Kier molecular flexibility index (Phi) is 4.36. The molecule has 0 aliphatic carbocycles. The zero-order valence-corrected chi connectivity index (χ0v) is 15.4. The van der Waals surface area contributed by atoms with Crippen LogP contribution < -0.4 is 4.90 Å². The lowest BCUT2D eigenvalue weighted by Gasteiger charge is -2.39. The Labute approximate surface area is 158 Å². The van der Waals surface area contributed by atoms with Crippen molar-refractivity contribution in [2.45, 2.75) is 19.9 Å². The van der Waals surface area contributed by atoms with E-state index in [1.807, 2.05) is 68.4 Å². The lowest BCUT2D eigenvalue weighted by Crippen LogP contribution is -2.57. The molecule has 1 aliphatic rings. The van der Waals surface area contributed by atoms with Crippen LogP contribution in [0.2, 0.25) is 0 Å². The average Bonchev–Trinajstić information content (AvgIpc) is 2.69. The summed E-state index contributed by atoms with van der Waals surface area (Å²) in [4.78, 5) is 33.5. The zero-order valence-electron chi connectivity index (χ0n) is 15.4. The molecule has 0 N–H and O–H groups in total. The normalized spacial score (nSPS) is 17.4. The quantitative estimate of drug-likeness (QED) is 0.704. The number of carbonyl (C=O) groups excluding carboxylic acids is 2. The molecule has 1 atom stereocenters. The first-order chi connectivity index (χ1) is 13.0. The molecule has 2 aromatic carbocycles. The number of rotatable bonds is 2. The second-order valence-electron chi connectivity index (χ2n) is 7.04. The average molecular weight is 359 g/mol. The topological polar surface area (TPSA) is 53.5 Å². The lowest BCUT2D eigenvalue weighted by molar-refractivity contribution is -0.121. The number of para-hydroxylation sites is 1. The van der Waals surface area contributed by atoms with Crippen molar-refractivity contribution in [2.75, 3.05) is 18.0 Å². The summed E-state index contributed by atoms with van der Waals surface area (Å²) >= 11 is 0. The first kappa shape index (κ1) is 17.2. The highest BCUT2D eigenvalue weighted by Gasteiger charge is 2.33. The van der Waals surface area contributed by atoms with Gasteiger partial charge in [-0.05, 0) is 38.1 Å². The van der Waals surface area contributed by atoms with Crippen LogP contribution in [0.25, 0.3) is 10.9 Å². The van der Waals surface area contributed by atoms with Gasteiger partial charge < -0.3 is 9.80 Å². The van der Waals surface area contributed by atoms with Gasteiger partial charge in [0, 0.05) is 29.9 Å². The first-order valence-corrected chi connectivity index (χ1v) is 9.06. The lowest BCUT2D eigenvalue weighted by atomic mass is 10.1. The van der Waals surface area contributed by atoms with Gasteiger partial charge in [0.05, 0.1) is 11.1 Å². The molecule has 1 fully saturated rings. The molecular formula is C22H21N3O2. The predicted molar refractivity (Wildman–Crippen MR) is 106 cm³/mol. The highest BCUT2D eigenvalue weighted by atomic mass is 16.2. The Bertz CT molecular complexity index is 1010. The van der Waals surface area contributed by atoms with Crippen LogP contribution in [0.3, 0.4) is 0 Å². The van der Waals surface area contributed by atoms with E-state index in [9.17, 15) is 9.59 Å². The maximum atomic E-state index is 13.0. The summed E-state index contributed by atoms with van der Waals surface area (Å²) in [6.45, 7) is 4.54. The number of aromatic nitrogens is 1. The number of pyridine rings is 1. The molecular weight excluding hydrogens is 338 g/mol. The molecule has 1 saturated heterocycles. The number of carbonyl (C=O) groups is 2. The molecule has 0 unspecified atom stereocenters. The maximum absolute atomic E-state index is 13.0. The van der Waals surface area contributed by atoms with Gasteiger partial charge in [-0.3, -0.25) is 14.6 Å². The summed E-state index contributed by atoms with van der Waals surface area (Å²) in [5.74, 6) is -0.225. The van der Waals surface area contributed by atoms with Crippen molar-refractivity contribution >= 4 is 28.4 Å². The van der Waals surface area contributed by atoms with Crippen LogP contribution in [0.5, 0.6) is 0 Å². The Hall–Kier alpha value is -3.21. The van der Waals surface area contributed by atoms with Crippen molar-refractivity contribution < 1.29 is 9.59 Å². The molecule has 0 bridgehead atoms. The van der Waals surface area contributed by atoms with Gasteiger partial charge in [0.15, 0.2) is 0 Å². The van der Waals surface area contributed by atoms with Crippen molar-refractivity contribution in [3.63, 3.8) is 0 Å². The first-order valence-electron chi connectivity index (χ1n) is 9.06. The van der Waals surface area contributed by atoms with Gasteiger partial charge in [0.25, 0.3) is 5.91 Å². The van der Waals surface area contributed by atoms with Crippen LogP contribution in [0.15, 0.2) is 60.8 Å². The van der Waals surface area contributed by atoms with Gasteiger partial charge in [0.2, 0.25) is 5.91 Å². The number of hydrogen-bond donors (Lipinski definition) is 0. The van der Waals surface area contributed by atoms with E-state index in [0.717, 1.165) is 22.2 Å². The van der Waals surface area contributed by atoms with Crippen molar-refractivity contribution in [1.29, 1.82) is 0 Å². The van der Waals surface area contributed by atoms with Crippen LogP contribution in [-0.2, 0) is 4.79 Å². The van der Waals surface area contributed by atoms with Gasteiger partial charge in [-0.1, -0.05) is 35.9 Å². The number of hydrogen-bond acceptors (Lipinski definition) is 3. The van der Waals surface area contributed by atoms with Crippen molar-refractivity contribution in [1.82, 2.24) is 9.88 Å². The standard InChI is InChI=1S/C22H21N3O2/c1-15-7-9-19(10-8-15)25-13-16(2)24(14-21(25)26)22(27)18-11-17-5-3-4-6-20(17)23-12-18/h3-12,16H,13-14H2,1-2H3/t16-/m1/s1. The largest absolute Gasteiger partial charge is 0.325 e. The summed E-state index contributed by atoms with van der Waals surface area (Å²) in [7, 11) is 0. The fraction of sp³-hybridized carbons (Fsp3) is 0.227. The summed E-state index contributed by atoms with van der Waals surface area (Å²) in [5.41, 5.74) is 3.38. The highest BCUT2D eigenvalue weighted by Crippen LogP contribution is 2.22. The molecule has 3 aromatic rings. The van der Waals surface area contributed by atoms with Crippen molar-refractivity contribution in [3.8, 4) is 0 Å². The van der Waals surface area contributed by atoms with E-state index in [4.69, 9.17) is 0 Å². The second kappa shape index (κ2) is 6.83. The number of benzene rings is 2. The number of aryl methyl sites for hydroxylation is 1. The zero-order chi connectivity index (χ0) is 19.0. The Balaban J connectivity index is 1.56. The van der Waals surface area contributed by atoms with Crippen LogP contribution in [0.4, 0.5) is 5.69 Å². The molecule has 2 amide bonds. The molecule has 5 heteroatoms. The fourth-order valence-corrected chi connectivity index (χ4v) is 3.45. The monoisotopic (exact) mass is 359 g/mol. The van der Waals surface area contributed by atoms with E-state index in [1.54, 1.807) is 16.0 Å². The van der Waals surface area contributed by atoms with E-state index < -0.39 is 0 Å². The predicted octanol–water partition coefficient (Wildman–Crippen LogP) is 3.42. The molecule has 27 heavy (non-hydrogen) atoms. The summed E-state index contributed by atoms with van der Waals surface area (Å²) in [6, 6.07) is 17.3. The third kappa shape index (κ3) is 3.28. The van der Waals surface area contributed by atoms with E-state index in [-0.39, 0.29) is 24.4 Å². The van der Waals surface area contributed by atoms with E-state index in [1.165, 1.54) is 0 Å². The van der Waals surface area contributed by atoms with Gasteiger partial charge >= 0.3 is 0 Å². The summed E-state index contributed by atoms with van der Waals surface area (Å²) < 4.78 is 0. The van der Waals surface area contributed by atoms with Crippen molar-refractivity contribution in [2.24, 2.45) is 0 Å². The molecule has 0 saturated carbocycles. The SMILES string of the molecule is Cc1ccc(N2C[C@@H](C)N(C(=O)c3cnc4ccccc4c3)CC2=O)cc1. The highest BCUT2D eigenvalue weighted by molar-refractivity contribution is 6.03. The number of amides is 2. The summed E-state index contributed by atoms with van der Waals surface area (Å²) in [6.07, 6.45) is 1.59. The van der Waals surface area contributed by atoms with E-state index in [2.05, 4.69) is 4.98 Å².